The number of piperazine rings is 1. The molecule has 0 bridgehead atoms. The van der Waals surface area contributed by atoms with Crippen LogP contribution in [-0.4, -0.2) is 36.1 Å². The molecule has 8 heteroatoms. The van der Waals surface area contributed by atoms with Crippen LogP contribution in [0, 0.1) is 69.5 Å². The zero-order chi connectivity index (χ0) is 22.6. The molecular formula is C27H24Cl2FFeN4+2. The number of rotatable bonds is 3. The van der Waals surface area contributed by atoms with Crippen molar-refractivity contribution in [3.63, 3.8) is 0 Å². The second kappa shape index (κ2) is 13.2. The Labute approximate surface area is 229 Å². The molecule has 3 fully saturated rings. The van der Waals surface area contributed by atoms with Crippen molar-refractivity contribution in [1.29, 1.82) is 0 Å². The third-order valence-electron chi connectivity index (χ3n) is 5.85. The van der Waals surface area contributed by atoms with Gasteiger partial charge in [0.1, 0.15) is 11.6 Å². The third kappa shape index (κ3) is 6.85. The quantitative estimate of drug-likeness (QED) is 0.510. The van der Waals surface area contributed by atoms with Crippen molar-refractivity contribution in [3.8, 4) is 0 Å². The summed E-state index contributed by atoms with van der Waals surface area (Å²) in [4.78, 5) is 12.3. The largest absolute Gasteiger partial charge is 3.00 e. The summed E-state index contributed by atoms with van der Waals surface area (Å²) < 4.78 is 14.8. The van der Waals surface area contributed by atoms with Gasteiger partial charge in [-0.2, -0.15) is 0 Å². The van der Waals surface area contributed by atoms with Crippen LogP contribution < -0.4 is 22.2 Å². The first-order chi connectivity index (χ1) is 16.2. The fourth-order valence-corrected chi connectivity index (χ4v) is 4.23. The number of aromatic amines is 1. The minimum Gasteiger partial charge on any atom is -1.00 e. The molecule has 1 aromatic heterocycles. The fourth-order valence-electron chi connectivity index (χ4n) is 4.11. The molecule has 4 nitrogen and oxygen atoms in total. The van der Waals surface area contributed by atoms with Gasteiger partial charge >= 0.3 is 17.1 Å². The molecule has 0 amide bonds. The Morgan fingerprint density at radius 2 is 1.37 bits per heavy atom. The molecule has 1 saturated heterocycles. The van der Waals surface area contributed by atoms with E-state index in [9.17, 15) is 4.39 Å². The summed E-state index contributed by atoms with van der Waals surface area (Å²) in [5.74, 6) is 1.56. The molecule has 3 aliphatic rings. The van der Waals surface area contributed by atoms with Crippen molar-refractivity contribution in [1.82, 2.24) is 9.97 Å². The Balaban J connectivity index is 0.000000438. The molecule has 6 rings (SSSR count). The van der Waals surface area contributed by atoms with Crippen molar-refractivity contribution in [3.05, 3.63) is 117 Å². The maximum absolute atomic E-state index is 14.8. The Hall–Kier alpha value is -1.46. The van der Waals surface area contributed by atoms with Gasteiger partial charge in [-0.1, -0.05) is 11.6 Å². The van der Waals surface area contributed by atoms with Crippen LogP contribution >= 0.6 is 11.6 Å². The summed E-state index contributed by atoms with van der Waals surface area (Å²) >= 11 is 5.98. The van der Waals surface area contributed by atoms with Crippen molar-refractivity contribution >= 4 is 34.0 Å². The van der Waals surface area contributed by atoms with E-state index in [1.807, 2.05) is 88.1 Å². The molecule has 0 unspecified atom stereocenters. The van der Waals surface area contributed by atoms with Crippen LogP contribution in [0.4, 0.5) is 15.8 Å². The van der Waals surface area contributed by atoms with Crippen molar-refractivity contribution in [2.24, 2.45) is 0 Å². The van der Waals surface area contributed by atoms with E-state index in [0.717, 1.165) is 59.7 Å². The van der Waals surface area contributed by atoms with Gasteiger partial charge in [-0.25, -0.2) is 9.37 Å². The number of benzene rings is 2. The molecule has 1 aliphatic heterocycles. The maximum Gasteiger partial charge on any atom is 3.00 e. The number of aromatic nitrogens is 2. The molecule has 11 radical (unpaired) electrons. The van der Waals surface area contributed by atoms with E-state index in [1.54, 1.807) is 6.07 Å². The van der Waals surface area contributed by atoms with E-state index in [0.29, 0.717) is 5.69 Å². The molecule has 1 N–H and O–H groups in total. The topological polar surface area (TPSA) is 35.2 Å². The van der Waals surface area contributed by atoms with Crippen molar-refractivity contribution in [2.75, 3.05) is 36.0 Å². The van der Waals surface area contributed by atoms with Crippen LogP contribution in [0.25, 0.3) is 11.0 Å². The monoisotopic (exact) mass is 549 g/mol. The number of hydrogen-bond donors (Lipinski definition) is 1. The Morgan fingerprint density at radius 3 is 1.97 bits per heavy atom. The van der Waals surface area contributed by atoms with Crippen LogP contribution in [0.1, 0.15) is 5.82 Å². The second-order valence-corrected chi connectivity index (χ2v) is 8.43. The SMILES string of the molecule is Fc1cc2[nH]c([C]3[CH][CH][CH][CH]3)nc2cc1N1CCN(c2ccc(Cl)cc2)CC1.[CH]1[CH][CH][CH][CH]1.[Cl-].[Fe+3]. The minimum atomic E-state index is -0.217. The second-order valence-electron chi connectivity index (χ2n) is 7.99. The smallest absolute Gasteiger partial charge is 1.00 e. The molecule has 2 aliphatic carbocycles. The van der Waals surface area contributed by atoms with Crippen LogP contribution in [0.15, 0.2) is 36.4 Å². The average molecular weight is 550 g/mol. The van der Waals surface area contributed by atoms with E-state index >= 15 is 0 Å². The predicted molar refractivity (Wildman–Crippen MR) is 133 cm³/mol. The molecule has 3 aromatic rings. The zero-order valence-electron chi connectivity index (χ0n) is 18.8. The zero-order valence-corrected chi connectivity index (χ0v) is 21.4. The van der Waals surface area contributed by atoms with E-state index in [2.05, 4.69) is 19.8 Å². The molecule has 0 spiro atoms. The number of nitrogens with one attached hydrogen (secondary N) is 1. The average Bonchev–Trinajstić information content (AvgIpc) is 3.62. The fraction of sp³-hybridized carbons (Fsp3) is 0.148. The minimum absolute atomic E-state index is 0. The van der Waals surface area contributed by atoms with E-state index in [1.165, 1.54) is 0 Å². The molecule has 2 saturated carbocycles. The van der Waals surface area contributed by atoms with Crippen molar-refractivity contribution in [2.45, 2.75) is 0 Å². The summed E-state index contributed by atoms with van der Waals surface area (Å²) in [5, 5.41) is 0.734. The summed E-state index contributed by atoms with van der Waals surface area (Å²) in [5.41, 5.74) is 3.26. The predicted octanol–water partition coefficient (Wildman–Crippen LogP) is 2.46. The number of fused-ring (bicyclic) bond motifs is 1. The summed E-state index contributed by atoms with van der Waals surface area (Å²) in [6.45, 7) is 3.17. The number of H-pyrrole nitrogens is 1. The van der Waals surface area contributed by atoms with Gasteiger partial charge in [0, 0.05) is 48.9 Å². The summed E-state index contributed by atoms with van der Waals surface area (Å²) in [6.07, 6.45) is 17.9. The van der Waals surface area contributed by atoms with Crippen LogP contribution in [0.3, 0.4) is 0 Å². The number of halogens is 3. The molecule has 0 atom stereocenters. The molecule has 2 heterocycles. The number of nitrogens with zero attached hydrogens (tertiary/aromatic N) is 3. The first-order valence-electron chi connectivity index (χ1n) is 11.0. The third-order valence-corrected chi connectivity index (χ3v) is 6.11. The van der Waals surface area contributed by atoms with Gasteiger partial charge in [-0.05, 0) is 88.1 Å². The van der Waals surface area contributed by atoms with Crippen LogP contribution in [0.2, 0.25) is 5.02 Å². The van der Waals surface area contributed by atoms with E-state index < -0.39 is 0 Å². The Morgan fingerprint density at radius 1 is 0.800 bits per heavy atom. The van der Waals surface area contributed by atoms with Crippen molar-refractivity contribution < 1.29 is 33.9 Å². The van der Waals surface area contributed by atoms with Gasteiger partial charge < -0.3 is 27.2 Å². The molecule has 179 valence electrons. The van der Waals surface area contributed by atoms with Gasteiger partial charge in [0.2, 0.25) is 0 Å². The number of anilines is 2. The number of hydrogen-bond acceptors (Lipinski definition) is 3. The first kappa shape index (κ1) is 28.1. The van der Waals surface area contributed by atoms with Gasteiger partial charge in [0.15, 0.2) is 0 Å². The van der Waals surface area contributed by atoms with Crippen LogP contribution in [0.5, 0.6) is 0 Å². The molecule has 35 heavy (non-hydrogen) atoms. The van der Waals surface area contributed by atoms with Gasteiger partial charge in [0.25, 0.3) is 0 Å². The number of imidazole rings is 1. The maximum atomic E-state index is 14.8. The van der Waals surface area contributed by atoms with Gasteiger partial charge in [-0.15, -0.1) is 0 Å². The molecular weight excluding hydrogens is 526 g/mol. The van der Waals surface area contributed by atoms with Gasteiger partial charge in [-0.3, -0.25) is 0 Å². The normalized spacial score (nSPS) is 18.1. The Bertz CT molecular complexity index is 1050. The standard InChI is InChI=1S/C22H19ClFN4.C5H5.ClH.Fe/c23-16-5-7-17(8-6-16)27-9-11-28(12-10-27)21-14-20-19(13-18(21)24)25-22(26-20)15-3-1-2-4-15;1-2-4-5-3-1;;/h1-8,13-14H,9-12H2,(H,25,26);1-5H;1H;/q;;;+3/p-1. The van der Waals surface area contributed by atoms with Gasteiger partial charge in [0.05, 0.1) is 16.7 Å². The first-order valence-corrected chi connectivity index (χ1v) is 11.4. The van der Waals surface area contributed by atoms with E-state index in [4.69, 9.17) is 11.6 Å². The Kier molecular flexibility index (Phi) is 10.6. The van der Waals surface area contributed by atoms with Crippen LogP contribution in [-0.2, 0) is 17.1 Å². The molecule has 2 aromatic carbocycles. The van der Waals surface area contributed by atoms with E-state index in [-0.39, 0.29) is 35.3 Å². The summed E-state index contributed by atoms with van der Waals surface area (Å²) in [7, 11) is 0. The summed E-state index contributed by atoms with van der Waals surface area (Å²) in [6, 6.07) is 11.3.